The van der Waals surface area contributed by atoms with Crippen LogP contribution < -0.4 is 14.4 Å². The van der Waals surface area contributed by atoms with Crippen LogP contribution in [0.2, 0.25) is 0 Å². The van der Waals surface area contributed by atoms with Gasteiger partial charge in [0.05, 0.1) is 23.4 Å². The Kier molecular flexibility index (Phi) is 6.75. The molecule has 166 valence electrons. The largest absolute Gasteiger partial charge is 0.493 e. The first-order chi connectivity index (χ1) is 16.0. The molecule has 1 aliphatic heterocycles. The maximum Gasteiger partial charge on any atom is 0.341 e. The number of para-hydroxylation sites is 2. The zero-order chi connectivity index (χ0) is 23.2. The van der Waals surface area contributed by atoms with Gasteiger partial charge in [0.15, 0.2) is 23.3 Å². The van der Waals surface area contributed by atoms with Crippen LogP contribution in [-0.4, -0.2) is 35.9 Å². The number of hydrogen-bond acceptors (Lipinski definition) is 6. The molecule has 1 fully saturated rings. The van der Waals surface area contributed by atoms with Crippen LogP contribution >= 0.6 is 11.8 Å². The van der Waals surface area contributed by atoms with Crippen molar-refractivity contribution in [2.24, 2.45) is 4.99 Å². The molecule has 0 radical (unpaired) electrons. The van der Waals surface area contributed by atoms with Gasteiger partial charge in [-0.25, -0.2) is 9.79 Å². The van der Waals surface area contributed by atoms with Gasteiger partial charge in [0.1, 0.15) is 0 Å². The highest BCUT2D eigenvalue weighted by molar-refractivity contribution is 8.19. The highest BCUT2D eigenvalue weighted by Crippen LogP contribution is 2.38. The first-order valence-corrected chi connectivity index (χ1v) is 10.8. The summed E-state index contributed by atoms with van der Waals surface area (Å²) in [5.74, 6) is -0.586. The molecule has 0 aromatic heterocycles. The molecule has 4 rings (SSSR count). The summed E-state index contributed by atoms with van der Waals surface area (Å²) in [7, 11) is 1.47. The molecule has 1 aliphatic rings. The van der Waals surface area contributed by atoms with E-state index in [1.54, 1.807) is 29.2 Å². The summed E-state index contributed by atoms with van der Waals surface area (Å²) < 4.78 is 10.6. The van der Waals surface area contributed by atoms with Gasteiger partial charge in [-0.3, -0.25) is 9.69 Å². The van der Waals surface area contributed by atoms with Crippen LogP contribution in [0.5, 0.6) is 11.5 Å². The Labute approximate surface area is 195 Å². The summed E-state index contributed by atoms with van der Waals surface area (Å²) >= 11 is 1.28. The van der Waals surface area contributed by atoms with Gasteiger partial charge >= 0.3 is 5.97 Å². The maximum atomic E-state index is 13.3. The number of amides is 1. The van der Waals surface area contributed by atoms with Crippen LogP contribution in [0.25, 0.3) is 6.08 Å². The summed E-state index contributed by atoms with van der Waals surface area (Å²) in [4.78, 5) is 30.9. The Bertz CT molecular complexity index is 1230. The summed E-state index contributed by atoms with van der Waals surface area (Å²) in [6.45, 7) is -0.476. The zero-order valence-electron chi connectivity index (χ0n) is 17.7. The number of methoxy groups -OCH3 is 1. The topological polar surface area (TPSA) is 88.4 Å². The molecule has 0 unspecified atom stereocenters. The molecule has 1 heterocycles. The minimum absolute atomic E-state index is 0.189. The molecule has 1 amide bonds. The van der Waals surface area contributed by atoms with E-state index in [9.17, 15) is 9.59 Å². The molecule has 0 saturated carbocycles. The van der Waals surface area contributed by atoms with Crippen molar-refractivity contribution in [3.63, 3.8) is 0 Å². The highest BCUT2D eigenvalue weighted by atomic mass is 32.2. The molecule has 3 aromatic rings. The Morgan fingerprint density at radius 2 is 1.73 bits per heavy atom. The average Bonchev–Trinajstić information content (AvgIpc) is 3.13. The Hall–Kier alpha value is -4.04. The van der Waals surface area contributed by atoms with Crippen molar-refractivity contribution < 1.29 is 24.2 Å². The van der Waals surface area contributed by atoms with Crippen LogP contribution in [0.4, 0.5) is 11.4 Å². The van der Waals surface area contributed by atoms with Crippen molar-refractivity contribution in [3.8, 4) is 11.5 Å². The lowest BCUT2D eigenvalue weighted by Crippen LogP contribution is -2.28. The normalized spacial score (nSPS) is 15.8. The molecule has 3 aromatic carbocycles. The lowest BCUT2D eigenvalue weighted by molar-refractivity contribution is -0.139. The van der Waals surface area contributed by atoms with E-state index < -0.39 is 12.6 Å². The van der Waals surface area contributed by atoms with Gasteiger partial charge in [-0.05, 0) is 59.8 Å². The molecule has 0 bridgehead atoms. The molecule has 8 heteroatoms. The second-order valence-electron chi connectivity index (χ2n) is 6.91. The van der Waals surface area contributed by atoms with Crippen molar-refractivity contribution in [2.75, 3.05) is 18.6 Å². The monoisotopic (exact) mass is 460 g/mol. The number of carboxylic acids is 1. The van der Waals surface area contributed by atoms with Crippen LogP contribution in [0.3, 0.4) is 0 Å². The van der Waals surface area contributed by atoms with E-state index in [-0.39, 0.29) is 5.91 Å². The molecule has 0 aliphatic carbocycles. The maximum absolute atomic E-state index is 13.3. The molecule has 7 nitrogen and oxygen atoms in total. The predicted molar refractivity (Wildman–Crippen MR) is 129 cm³/mol. The van der Waals surface area contributed by atoms with Gasteiger partial charge in [0.25, 0.3) is 5.91 Å². The van der Waals surface area contributed by atoms with Crippen molar-refractivity contribution >= 4 is 46.3 Å². The van der Waals surface area contributed by atoms with Crippen molar-refractivity contribution in [1.82, 2.24) is 0 Å². The van der Waals surface area contributed by atoms with E-state index in [4.69, 9.17) is 19.6 Å². The summed E-state index contributed by atoms with van der Waals surface area (Å²) in [5, 5.41) is 9.38. The number of anilines is 1. The van der Waals surface area contributed by atoms with Crippen LogP contribution in [0, 0.1) is 0 Å². The Morgan fingerprint density at radius 3 is 2.39 bits per heavy atom. The second kappa shape index (κ2) is 10.1. The Balaban J connectivity index is 1.69. The number of hydrogen-bond donors (Lipinski definition) is 1. The fourth-order valence-corrected chi connectivity index (χ4v) is 4.15. The summed E-state index contributed by atoms with van der Waals surface area (Å²) in [6, 6.07) is 23.9. The second-order valence-corrected chi connectivity index (χ2v) is 7.92. The fourth-order valence-electron chi connectivity index (χ4n) is 3.15. The number of ether oxygens (including phenoxy) is 2. The first-order valence-electron chi connectivity index (χ1n) is 10.0. The van der Waals surface area contributed by atoms with Gasteiger partial charge in [0.2, 0.25) is 0 Å². The van der Waals surface area contributed by atoms with E-state index >= 15 is 0 Å². The lowest BCUT2D eigenvalue weighted by atomic mass is 10.2. The van der Waals surface area contributed by atoms with Gasteiger partial charge in [0, 0.05) is 0 Å². The molecule has 1 N–H and O–H groups in total. The summed E-state index contributed by atoms with van der Waals surface area (Å²) in [5.41, 5.74) is 2.18. The van der Waals surface area contributed by atoms with Gasteiger partial charge in [-0.2, -0.15) is 0 Å². The molecular weight excluding hydrogens is 440 g/mol. The molecule has 0 spiro atoms. The summed E-state index contributed by atoms with van der Waals surface area (Å²) in [6.07, 6.45) is 1.75. The number of carbonyl (C=O) groups is 2. The van der Waals surface area contributed by atoms with E-state index in [1.165, 1.54) is 18.9 Å². The highest BCUT2D eigenvalue weighted by Gasteiger charge is 2.34. The minimum Gasteiger partial charge on any atom is -0.493 e. The lowest BCUT2D eigenvalue weighted by Gasteiger charge is -2.15. The van der Waals surface area contributed by atoms with E-state index in [1.807, 2.05) is 60.7 Å². The number of benzene rings is 3. The van der Waals surface area contributed by atoms with Crippen molar-refractivity contribution in [2.45, 2.75) is 0 Å². The van der Waals surface area contributed by atoms with Crippen LogP contribution in [0.1, 0.15) is 5.56 Å². The number of aliphatic carboxylic acids is 1. The van der Waals surface area contributed by atoms with Crippen LogP contribution in [-0.2, 0) is 9.59 Å². The fraction of sp³-hybridized carbons (Fsp3) is 0.0800. The van der Waals surface area contributed by atoms with Gasteiger partial charge in [-0.15, -0.1) is 0 Å². The van der Waals surface area contributed by atoms with Crippen LogP contribution in [0.15, 0.2) is 88.8 Å². The number of aliphatic imine (C=N–C) groups is 1. The van der Waals surface area contributed by atoms with Gasteiger partial charge < -0.3 is 14.6 Å². The predicted octanol–water partition coefficient (Wildman–Crippen LogP) is 4.97. The third kappa shape index (κ3) is 5.24. The Morgan fingerprint density at radius 1 is 1.03 bits per heavy atom. The SMILES string of the molecule is COc1cc(/C=C2\SC(=Nc3ccccc3)N(c3ccccc3)C2=O)ccc1OCC(=O)O. The third-order valence-corrected chi connectivity index (χ3v) is 5.61. The standard InChI is InChI=1S/C25H20N2O5S/c1-31-21-14-17(12-13-20(21)32-16-23(28)29)15-22-24(30)27(19-10-6-3-7-11-19)25(33-22)26-18-8-4-2-5-9-18/h2-15H,16H2,1H3,(H,28,29)/b22-15-,26-25?. The first kappa shape index (κ1) is 22.2. The average molecular weight is 461 g/mol. The zero-order valence-corrected chi connectivity index (χ0v) is 18.5. The van der Waals surface area contributed by atoms with E-state index in [0.29, 0.717) is 27.1 Å². The molecule has 0 atom stereocenters. The molecule has 1 saturated heterocycles. The molecular formula is C25H20N2O5S. The van der Waals surface area contributed by atoms with Crippen molar-refractivity contribution in [1.29, 1.82) is 0 Å². The van der Waals surface area contributed by atoms with Gasteiger partial charge in [-0.1, -0.05) is 42.5 Å². The number of carboxylic acid groups (broad SMARTS) is 1. The number of nitrogens with zero attached hydrogens (tertiary/aromatic N) is 2. The smallest absolute Gasteiger partial charge is 0.341 e. The number of rotatable bonds is 7. The number of thioether (sulfide) groups is 1. The third-order valence-electron chi connectivity index (χ3n) is 4.64. The quantitative estimate of drug-likeness (QED) is 0.501. The number of carbonyl (C=O) groups excluding carboxylic acids is 1. The number of amidine groups is 1. The molecule has 33 heavy (non-hydrogen) atoms. The van der Waals surface area contributed by atoms with E-state index in [0.717, 1.165) is 11.4 Å². The van der Waals surface area contributed by atoms with E-state index in [2.05, 4.69) is 0 Å². The minimum atomic E-state index is -1.08. The van der Waals surface area contributed by atoms with Crippen molar-refractivity contribution in [3.05, 3.63) is 89.3 Å².